The Kier molecular flexibility index (Phi) is 5.13. The van der Waals surface area contributed by atoms with Gasteiger partial charge < -0.3 is 5.32 Å². The van der Waals surface area contributed by atoms with Crippen LogP contribution in [0, 0.1) is 17.0 Å². The SMILES string of the molecule is Cc1ccc([N+](=O)[O-])cc1NC(=O)CSc1nc2sc3c(c2c(=O)n1C)CCC3. The highest BCUT2D eigenvalue weighted by atomic mass is 32.2. The molecule has 1 N–H and O–H groups in total. The molecule has 2 heterocycles. The number of carbonyl (C=O) groups is 1. The molecule has 8 nitrogen and oxygen atoms in total. The molecule has 1 amide bonds. The second-order valence-corrected chi connectivity index (χ2v) is 8.92. The smallest absolute Gasteiger partial charge is 0.271 e. The highest BCUT2D eigenvalue weighted by molar-refractivity contribution is 7.99. The summed E-state index contributed by atoms with van der Waals surface area (Å²) in [7, 11) is 1.67. The van der Waals surface area contributed by atoms with Crippen LogP contribution in [0.4, 0.5) is 11.4 Å². The van der Waals surface area contributed by atoms with Gasteiger partial charge in [0.1, 0.15) is 4.83 Å². The zero-order valence-corrected chi connectivity index (χ0v) is 17.5. The summed E-state index contributed by atoms with van der Waals surface area (Å²) in [6, 6.07) is 4.33. The second-order valence-electron chi connectivity index (χ2n) is 6.89. The third-order valence-electron chi connectivity index (χ3n) is 4.94. The van der Waals surface area contributed by atoms with Crippen LogP contribution in [0.25, 0.3) is 10.2 Å². The van der Waals surface area contributed by atoms with Crippen molar-refractivity contribution in [2.24, 2.45) is 7.05 Å². The van der Waals surface area contributed by atoms with Gasteiger partial charge in [-0.2, -0.15) is 0 Å². The number of carbonyl (C=O) groups excluding carboxylic acids is 1. The predicted octanol–water partition coefficient (Wildman–Crippen LogP) is 3.43. The number of non-ortho nitro benzene ring substituents is 1. The lowest BCUT2D eigenvalue weighted by molar-refractivity contribution is -0.384. The summed E-state index contributed by atoms with van der Waals surface area (Å²) in [6.07, 6.45) is 2.99. The highest BCUT2D eigenvalue weighted by Crippen LogP contribution is 2.35. The number of hydrogen-bond donors (Lipinski definition) is 1. The molecule has 3 aromatic rings. The van der Waals surface area contributed by atoms with Gasteiger partial charge in [-0.25, -0.2) is 4.98 Å². The molecule has 0 saturated carbocycles. The van der Waals surface area contributed by atoms with Crippen molar-refractivity contribution >= 4 is 50.6 Å². The molecule has 0 aliphatic heterocycles. The largest absolute Gasteiger partial charge is 0.325 e. The summed E-state index contributed by atoms with van der Waals surface area (Å²) in [6.45, 7) is 1.77. The molecule has 1 aromatic carbocycles. The Balaban J connectivity index is 1.52. The van der Waals surface area contributed by atoms with E-state index in [-0.39, 0.29) is 22.9 Å². The second kappa shape index (κ2) is 7.60. The molecule has 0 bridgehead atoms. The maximum Gasteiger partial charge on any atom is 0.271 e. The van der Waals surface area contributed by atoms with E-state index in [0.29, 0.717) is 16.2 Å². The average molecular weight is 431 g/mol. The Morgan fingerprint density at radius 3 is 2.97 bits per heavy atom. The van der Waals surface area contributed by atoms with E-state index in [2.05, 4.69) is 10.3 Å². The Morgan fingerprint density at radius 1 is 1.41 bits per heavy atom. The molecule has 0 radical (unpaired) electrons. The van der Waals surface area contributed by atoms with Crippen LogP contribution in [0.2, 0.25) is 0 Å². The Labute approximate surface area is 174 Å². The number of hydrogen-bond acceptors (Lipinski definition) is 7. The van der Waals surface area contributed by atoms with Crippen LogP contribution in [-0.4, -0.2) is 26.1 Å². The zero-order chi connectivity index (χ0) is 20.7. The number of anilines is 1. The fraction of sp³-hybridized carbons (Fsp3) is 0.316. The number of thiophene rings is 1. The molecule has 150 valence electrons. The van der Waals surface area contributed by atoms with Gasteiger partial charge in [0, 0.05) is 24.1 Å². The van der Waals surface area contributed by atoms with E-state index >= 15 is 0 Å². The van der Waals surface area contributed by atoms with Gasteiger partial charge in [0.2, 0.25) is 5.91 Å². The highest BCUT2D eigenvalue weighted by Gasteiger charge is 2.22. The van der Waals surface area contributed by atoms with E-state index in [0.717, 1.165) is 35.2 Å². The van der Waals surface area contributed by atoms with Crippen molar-refractivity contribution in [2.75, 3.05) is 11.1 Å². The number of nitro groups is 1. The predicted molar refractivity (Wildman–Crippen MR) is 114 cm³/mol. The molecular formula is C19H18N4O4S2. The Morgan fingerprint density at radius 2 is 2.21 bits per heavy atom. The fourth-order valence-electron chi connectivity index (χ4n) is 3.41. The quantitative estimate of drug-likeness (QED) is 0.288. The van der Waals surface area contributed by atoms with Crippen molar-refractivity contribution in [3.05, 3.63) is 54.7 Å². The number of aromatic nitrogens is 2. The minimum absolute atomic E-state index is 0.0407. The Bertz CT molecular complexity index is 1220. The first-order chi connectivity index (χ1) is 13.8. The van der Waals surface area contributed by atoms with Gasteiger partial charge in [0.05, 0.1) is 21.7 Å². The summed E-state index contributed by atoms with van der Waals surface area (Å²) < 4.78 is 1.49. The number of benzene rings is 1. The van der Waals surface area contributed by atoms with Gasteiger partial charge in [0.15, 0.2) is 5.16 Å². The third-order valence-corrected chi connectivity index (χ3v) is 7.16. The number of fused-ring (bicyclic) bond motifs is 3. The van der Waals surface area contributed by atoms with Crippen molar-refractivity contribution in [3.8, 4) is 0 Å². The first kappa shape index (κ1) is 19.6. The number of nitro benzene ring substituents is 1. The molecule has 0 saturated heterocycles. The summed E-state index contributed by atoms with van der Waals surface area (Å²) >= 11 is 2.74. The number of amides is 1. The van der Waals surface area contributed by atoms with Gasteiger partial charge in [-0.3, -0.25) is 24.3 Å². The van der Waals surface area contributed by atoms with Crippen LogP contribution in [0.5, 0.6) is 0 Å². The fourth-order valence-corrected chi connectivity index (χ4v) is 5.48. The van der Waals surface area contributed by atoms with E-state index in [1.807, 2.05) is 0 Å². The monoisotopic (exact) mass is 430 g/mol. The maximum atomic E-state index is 12.8. The first-order valence-corrected chi connectivity index (χ1v) is 10.8. The minimum Gasteiger partial charge on any atom is -0.325 e. The molecule has 0 spiro atoms. The van der Waals surface area contributed by atoms with Crippen LogP contribution < -0.4 is 10.9 Å². The number of aryl methyl sites for hydroxylation is 3. The summed E-state index contributed by atoms with van der Waals surface area (Å²) in [4.78, 5) is 42.2. The van der Waals surface area contributed by atoms with Crippen LogP contribution in [-0.2, 0) is 24.7 Å². The summed E-state index contributed by atoms with van der Waals surface area (Å²) in [5.74, 6) is -0.277. The molecule has 0 unspecified atom stereocenters. The molecule has 2 aromatic heterocycles. The molecule has 10 heteroatoms. The topological polar surface area (TPSA) is 107 Å². The van der Waals surface area contributed by atoms with Crippen LogP contribution >= 0.6 is 23.1 Å². The van der Waals surface area contributed by atoms with Crippen molar-refractivity contribution < 1.29 is 9.72 Å². The number of thioether (sulfide) groups is 1. The number of nitrogens with zero attached hydrogens (tertiary/aromatic N) is 3. The maximum absolute atomic E-state index is 12.8. The van der Waals surface area contributed by atoms with Gasteiger partial charge in [-0.1, -0.05) is 17.8 Å². The molecule has 29 heavy (non-hydrogen) atoms. The van der Waals surface area contributed by atoms with E-state index in [1.54, 1.807) is 31.4 Å². The number of rotatable bonds is 5. The van der Waals surface area contributed by atoms with E-state index in [9.17, 15) is 19.7 Å². The normalized spacial score (nSPS) is 12.9. The molecule has 1 aliphatic carbocycles. The van der Waals surface area contributed by atoms with Crippen molar-refractivity contribution in [2.45, 2.75) is 31.3 Å². The van der Waals surface area contributed by atoms with Crippen LogP contribution in [0.3, 0.4) is 0 Å². The minimum atomic E-state index is -0.503. The number of nitrogens with one attached hydrogen (secondary N) is 1. The molecule has 0 atom stereocenters. The van der Waals surface area contributed by atoms with Gasteiger partial charge in [-0.05, 0) is 37.3 Å². The third kappa shape index (κ3) is 3.65. The van der Waals surface area contributed by atoms with Crippen molar-refractivity contribution in [1.82, 2.24) is 9.55 Å². The summed E-state index contributed by atoms with van der Waals surface area (Å²) in [5, 5.41) is 14.8. The van der Waals surface area contributed by atoms with Crippen molar-refractivity contribution in [3.63, 3.8) is 0 Å². The van der Waals surface area contributed by atoms with E-state index in [4.69, 9.17) is 0 Å². The molecular weight excluding hydrogens is 412 g/mol. The van der Waals surface area contributed by atoms with Crippen LogP contribution in [0.1, 0.15) is 22.4 Å². The molecule has 0 fully saturated rings. The lowest BCUT2D eigenvalue weighted by atomic mass is 10.2. The van der Waals surface area contributed by atoms with Gasteiger partial charge in [0.25, 0.3) is 11.2 Å². The van der Waals surface area contributed by atoms with E-state index in [1.165, 1.54) is 33.3 Å². The first-order valence-electron chi connectivity index (χ1n) is 9.04. The lowest BCUT2D eigenvalue weighted by Gasteiger charge is -2.09. The van der Waals surface area contributed by atoms with Crippen molar-refractivity contribution in [1.29, 1.82) is 0 Å². The van der Waals surface area contributed by atoms with Crippen LogP contribution in [0.15, 0.2) is 28.2 Å². The molecule has 4 rings (SSSR count). The van der Waals surface area contributed by atoms with Gasteiger partial charge in [-0.15, -0.1) is 11.3 Å². The lowest BCUT2D eigenvalue weighted by Crippen LogP contribution is -2.21. The standard InChI is InChI=1S/C19H18N4O4S2/c1-10-6-7-11(23(26)27)8-13(10)20-15(24)9-28-19-21-17-16(18(25)22(19)2)12-4-3-5-14(12)29-17/h6-8H,3-5,9H2,1-2H3,(H,20,24). The van der Waals surface area contributed by atoms with Gasteiger partial charge >= 0.3 is 0 Å². The zero-order valence-electron chi connectivity index (χ0n) is 15.9. The Hall–Kier alpha value is -2.72. The average Bonchev–Trinajstić information content (AvgIpc) is 3.25. The summed E-state index contributed by atoms with van der Waals surface area (Å²) in [5.41, 5.74) is 2.10. The van der Waals surface area contributed by atoms with E-state index < -0.39 is 4.92 Å². The molecule has 1 aliphatic rings.